The number of urea groups is 1. The van der Waals surface area contributed by atoms with Gasteiger partial charge in [-0.1, -0.05) is 38.6 Å². The maximum atomic E-state index is 16.2. The van der Waals surface area contributed by atoms with Gasteiger partial charge in [-0.25, -0.2) is 27.9 Å². The van der Waals surface area contributed by atoms with Gasteiger partial charge in [0.1, 0.15) is 23.1 Å². The van der Waals surface area contributed by atoms with Gasteiger partial charge in [0.25, 0.3) is 0 Å². The Bertz CT molecular complexity index is 2000. The van der Waals surface area contributed by atoms with Crippen LogP contribution in [0.2, 0.25) is 0 Å². The third-order valence-corrected chi connectivity index (χ3v) is 8.75. The molecule has 2 aromatic carbocycles. The van der Waals surface area contributed by atoms with Crippen molar-refractivity contribution >= 4 is 34.5 Å². The number of amides is 3. The number of para-hydroxylation sites is 1. The van der Waals surface area contributed by atoms with E-state index in [0.717, 1.165) is 17.2 Å². The molecule has 1 aliphatic rings. The van der Waals surface area contributed by atoms with Crippen LogP contribution in [0.1, 0.15) is 37.8 Å². The molecule has 1 aliphatic heterocycles. The Morgan fingerprint density at radius 3 is 2.55 bits per heavy atom. The van der Waals surface area contributed by atoms with Crippen molar-refractivity contribution < 1.29 is 27.8 Å². The number of hydrogen-bond acceptors (Lipinski definition) is 8. The van der Waals surface area contributed by atoms with Crippen LogP contribution in [0.4, 0.5) is 25.1 Å². The number of methoxy groups -OCH3 is 1. The van der Waals surface area contributed by atoms with Crippen molar-refractivity contribution in [3.05, 3.63) is 88.4 Å². The summed E-state index contributed by atoms with van der Waals surface area (Å²) in [5.41, 5.74) is 1.32. The fourth-order valence-electron chi connectivity index (χ4n) is 6.21. The number of hydrogen-bond donors (Lipinski definition) is 2. The van der Waals surface area contributed by atoms with Crippen molar-refractivity contribution in [3.63, 3.8) is 0 Å². The number of rotatable bonds is 12. The highest BCUT2D eigenvalue weighted by Gasteiger charge is 2.30. The van der Waals surface area contributed by atoms with Crippen LogP contribution in [-0.4, -0.2) is 90.5 Å². The quantitative estimate of drug-likeness (QED) is 0.153. The number of nitrogens with zero attached hydrogens (tertiary/aromatic N) is 5. The molecule has 2 aromatic heterocycles. The summed E-state index contributed by atoms with van der Waals surface area (Å²) in [5.74, 6) is -1.64. The van der Waals surface area contributed by atoms with E-state index in [4.69, 9.17) is 9.47 Å². The second kappa shape index (κ2) is 16.2. The Morgan fingerprint density at radius 2 is 1.86 bits per heavy atom. The van der Waals surface area contributed by atoms with Gasteiger partial charge in [-0.05, 0) is 61.2 Å². The van der Waals surface area contributed by atoms with Crippen molar-refractivity contribution in [2.75, 3.05) is 63.3 Å². The minimum Gasteiger partial charge on any atom is -0.382 e. The second-order valence-electron chi connectivity index (χ2n) is 12.6. The number of piperazine rings is 1. The minimum absolute atomic E-state index is 0.00909. The lowest BCUT2D eigenvalue weighted by Gasteiger charge is -2.40. The lowest BCUT2D eigenvalue weighted by Crippen LogP contribution is -2.54. The number of pyridine rings is 1. The lowest BCUT2D eigenvalue weighted by molar-refractivity contribution is -0.126. The molecular formula is C37H43F2N7O5. The van der Waals surface area contributed by atoms with Gasteiger partial charge in [-0.2, -0.15) is 4.98 Å². The number of aryl methyl sites for hydroxylation is 1. The van der Waals surface area contributed by atoms with E-state index in [9.17, 15) is 14.4 Å². The normalized spacial score (nSPS) is 14.6. The molecule has 51 heavy (non-hydrogen) atoms. The lowest BCUT2D eigenvalue weighted by atomic mass is 9.98. The molecule has 4 aromatic rings. The van der Waals surface area contributed by atoms with Crippen molar-refractivity contribution in [2.45, 2.75) is 39.7 Å². The zero-order valence-corrected chi connectivity index (χ0v) is 29.5. The fraction of sp³-hybridized carbons (Fsp3) is 0.378. The zero-order chi connectivity index (χ0) is 36.8. The first-order valence-electron chi connectivity index (χ1n) is 16.8. The molecule has 1 unspecified atom stereocenters. The SMILES string of the molecule is C=CC(=O)N1CCN(c2nc(=O)n(-c3c(C)cccc3C(C)C)c3nc(-c4ccc(NC(=O)NCCOCCOC)cc4F)c(F)cc23)C(C)C1. The number of halogens is 2. The molecule has 0 aliphatic carbocycles. The van der Waals surface area contributed by atoms with Crippen LogP contribution >= 0.6 is 0 Å². The molecule has 2 N–H and O–H groups in total. The molecule has 0 saturated carbocycles. The molecular weight excluding hydrogens is 660 g/mol. The number of benzene rings is 2. The van der Waals surface area contributed by atoms with E-state index < -0.39 is 23.4 Å². The average molecular weight is 704 g/mol. The summed E-state index contributed by atoms with van der Waals surface area (Å²) in [6.07, 6.45) is 1.26. The van der Waals surface area contributed by atoms with Crippen LogP contribution in [0, 0.1) is 18.6 Å². The molecule has 1 atom stereocenters. The summed E-state index contributed by atoms with van der Waals surface area (Å²) in [6.45, 7) is 13.7. The Kier molecular flexibility index (Phi) is 11.8. The first-order chi connectivity index (χ1) is 24.4. The maximum Gasteiger partial charge on any atom is 0.355 e. The van der Waals surface area contributed by atoms with Gasteiger partial charge in [0.05, 0.1) is 30.9 Å². The highest BCUT2D eigenvalue weighted by molar-refractivity contribution is 5.92. The first-order valence-corrected chi connectivity index (χ1v) is 16.8. The van der Waals surface area contributed by atoms with E-state index in [0.29, 0.717) is 38.5 Å². The molecule has 1 fully saturated rings. The van der Waals surface area contributed by atoms with Gasteiger partial charge in [0.15, 0.2) is 5.65 Å². The summed E-state index contributed by atoms with van der Waals surface area (Å²) in [4.78, 5) is 51.5. The Labute approximate surface area is 295 Å². The van der Waals surface area contributed by atoms with E-state index in [1.54, 1.807) is 12.0 Å². The summed E-state index contributed by atoms with van der Waals surface area (Å²) < 4.78 is 43.5. The predicted octanol–water partition coefficient (Wildman–Crippen LogP) is 5.17. The third kappa shape index (κ3) is 8.07. The zero-order valence-electron chi connectivity index (χ0n) is 29.5. The number of carbonyl (C=O) groups excluding carboxylic acids is 2. The predicted molar refractivity (Wildman–Crippen MR) is 193 cm³/mol. The molecule has 0 bridgehead atoms. The van der Waals surface area contributed by atoms with Crippen molar-refractivity contribution in [1.29, 1.82) is 0 Å². The average Bonchev–Trinajstić information content (AvgIpc) is 3.09. The van der Waals surface area contributed by atoms with Crippen molar-refractivity contribution in [3.8, 4) is 16.9 Å². The van der Waals surface area contributed by atoms with Crippen LogP contribution in [0.3, 0.4) is 0 Å². The molecule has 0 spiro atoms. The fourth-order valence-corrected chi connectivity index (χ4v) is 6.21. The monoisotopic (exact) mass is 703 g/mol. The maximum absolute atomic E-state index is 16.2. The number of fused-ring (bicyclic) bond motifs is 1. The Hall–Kier alpha value is -5.21. The number of anilines is 2. The van der Waals surface area contributed by atoms with Crippen LogP contribution in [0.5, 0.6) is 0 Å². The summed E-state index contributed by atoms with van der Waals surface area (Å²) in [5, 5.41) is 5.43. The van der Waals surface area contributed by atoms with Crippen molar-refractivity contribution in [1.82, 2.24) is 24.8 Å². The molecule has 0 radical (unpaired) electrons. The van der Waals surface area contributed by atoms with E-state index in [2.05, 4.69) is 27.2 Å². The highest BCUT2D eigenvalue weighted by atomic mass is 19.1. The molecule has 3 amide bonds. The van der Waals surface area contributed by atoms with Crippen LogP contribution in [-0.2, 0) is 14.3 Å². The third-order valence-electron chi connectivity index (χ3n) is 8.75. The standard InChI is InChI=1S/C37H43F2N7O5/c1-7-31(47)44-14-15-45(24(5)21-44)34-28-20-30(39)32(27-12-11-25(19-29(27)38)41-36(48)40-13-16-51-18-17-50-6)42-35(28)46(37(49)43-34)33-23(4)9-8-10-26(33)22(2)3/h7-12,19-20,22,24H,1,13-18,21H2,2-6H3,(H2,40,41,48). The van der Waals surface area contributed by atoms with Gasteiger partial charge in [0, 0.05) is 50.6 Å². The van der Waals surface area contributed by atoms with E-state index >= 15 is 8.78 Å². The number of aromatic nitrogens is 3. The minimum atomic E-state index is -0.833. The van der Waals surface area contributed by atoms with Crippen LogP contribution in [0.15, 0.2) is 59.9 Å². The van der Waals surface area contributed by atoms with Crippen LogP contribution in [0.25, 0.3) is 28.0 Å². The largest absolute Gasteiger partial charge is 0.382 e. The van der Waals surface area contributed by atoms with E-state index in [1.165, 1.54) is 28.8 Å². The van der Waals surface area contributed by atoms with Gasteiger partial charge in [-0.3, -0.25) is 4.79 Å². The number of ether oxygens (including phenoxy) is 2. The smallest absolute Gasteiger partial charge is 0.355 e. The van der Waals surface area contributed by atoms with Gasteiger partial charge < -0.3 is 29.9 Å². The topological polar surface area (TPSA) is 131 Å². The van der Waals surface area contributed by atoms with Gasteiger partial charge in [-0.15, -0.1) is 0 Å². The summed E-state index contributed by atoms with van der Waals surface area (Å²) in [6, 6.07) is 9.89. The van der Waals surface area contributed by atoms with Crippen LogP contribution < -0.4 is 21.2 Å². The van der Waals surface area contributed by atoms with Gasteiger partial charge in [0.2, 0.25) is 5.91 Å². The molecule has 14 heteroatoms. The van der Waals surface area contributed by atoms with Gasteiger partial charge >= 0.3 is 11.7 Å². The molecule has 1 saturated heterocycles. The summed E-state index contributed by atoms with van der Waals surface area (Å²) in [7, 11) is 1.56. The molecule has 3 heterocycles. The van der Waals surface area contributed by atoms with E-state index in [1.807, 2.05) is 50.8 Å². The number of nitrogens with one attached hydrogen (secondary N) is 2. The first kappa shape index (κ1) is 37.1. The summed E-state index contributed by atoms with van der Waals surface area (Å²) >= 11 is 0. The highest BCUT2D eigenvalue weighted by Crippen LogP contribution is 2.35. The molecule has 12 nitrogen and oxygen atoms in total. The van der Waals surface area contributed by atoms with E-state index in [-0.39, 0.29) is 64.8 Å². The Morgan fingerprint density at radius 1 is 1.08 bits per heavy atom. The number of carbonyl (C=O) groups is 2. The second-order valence-corrected chi connectivity index (χ2v) is 12.6. The molecule has 270 valence electrons. The Balaban J connectivity index is 1.58. The van der Waals surface area contributed by atoms with Crippen molar-refractivity contribution in [2.24, 2.45) is 0 Å². The molecule has 5 rings (SSSR count).